The van der Waals surface area contributed by atoms with Crippen molar-refractivity contribution in [3.8, 4) is 0 Å². The van der Waals surface area contributed by atoms with Crippen LogP contribution in [0.25, 0.3) is 5.65 Å². The van der Waals surface area contributed by atoms with Crippen molar-refractivity contribution >= 4 is 33.0 Å². The summed E-state index contributed by atoms with van der Waals surface area (Å²) in [7, 11) is 0. The number of nitrogens with one attached hydrogen (secondary N) is 1. The van der Waals surface area contributed by atoms with E-state index in [4.69, 9.17) is 0 Å². The molecule has 1 aromatic carbocycles. The Hall–Kier alpha value is -2.41. The Morgan fingerprint density at radius 2 is 2.18 bits per heavy atom. The molecular weight excluding hydrogens is 348 g/mol. The van der Waals surface area contributed by atoms with E-state index >= 15 is 0 Å². The number of nitro benzene ring substituents is 1. The number of benzene rings is 1. The van der Waals surface area contributed by atoms with E-state index in [-0.39, 0.29) is 5.69 Å². The molecule has 0 atom stereocenters. The summed E-state index contributed by atoms with van der Waals surface area (Å²) in [6, 6.07) is 8.93. The summed E-state index contributed by atoms with van der Waals surface area (Å²) < 4.78 is 2.60. The molecule has 112 valence electrons. The average molecular weight is 361 g/mol. The molecular formula is C15H13BrN4O2. The van der Waals surface area contributed by atoms with Gasteiger partial charge < -0.3 is 9.72 Å². The van der Waals surface area contributed by atoms with Crippen LogP contribution in [0.4, 0.5) is 11.4 Å². The van der Waals surface area contributed by atoms with E-state index in [1.165, 1.54) is 6.07 Å². The zero-order valence-electron chi connectivity index (χ0n) is 11.8. The van der Waals surface area contributed by atoms with Crippen molar-refractivity contribution in [2.24, 2.45) is 0 Å². The summed E-state index contributed by atoms with van der Waals surface area (Å²) >= 11 is 3.24. The summed E-state index contributed by atoms with van der Waals surface area (Å²) in [4.78, 5) is 15.2. The van der Waals surface area contributed by atoms with E-state index < -0.39 is 4.92 Å². The molecule has 0 saturated heterocycles. The van der Waals surface area contributed by atoms with Crippen molar-refractivity contribution in [3.63, 3.8) is 0 Å². The van der Waals surface area contributed by atoms with Crippen LogP contribution in [-0.4, -0.2) is 14.3 Å². The number of nitrogens with zero attached hydrogens (tertiary/aromatic N) is 3. The Morgan fingerprint density at radius 1 is 1.36 bits per heavy atom. The van der Waals surface area contributed by atoms with Gasteiger partial charge in [0.1, 0.15) is 11.3 Å². The fraction of sp³-hybridized carbons (Fsp3) is 0.133. The first-order valence-electron chi connectivity index (χ1n) is 6.65. The summed E-state index contributed by atoms with van der Waals surface area (Å²) in [5, 5.41) is 14.2. The first-order chi connectivity index (χ1) is 10.5. The van der Waals surface area contributed by atoms with Crippen molar-refractivity contribution in [2.75, 3.05) is 5.32 Å². The van der Waals surface area contributed by atoms with Crippen LogP contribution in [0.1, 0.15) is 11.3 Å². The summed E-state index contributed by atoms with van der Waals surface area (Å²) in [5.74, 6) is 0. The molecule has 0 saturated carbocycles. The Kier molecular flexibility index (Phi) is 3.81. The zero-order valence-corrected chi connectivity index (χ0v) is 13.4. The average Bonchev–Trinajstić information content (AvgIpc) is 2.87. The summed E-state index contributed by atoms with van der Waals surface area (Å²) in [6.07, 6.45) is 3.86. The monoisotopic (exact) mass is 360 g/mol. The maximum atomic E-state index is 11.1. The van der Waals surface area contributed by atoms with Crippen LogP contribution < -0.4 is 5.32 Å². The molecule has 2 aromatic heterocycles. The van der Waals surface area contributed by atoms with Crippen LogP contribution in [0, 0.1) is 17.0 Å². The van der Waals surface area contributed by atoms with Crippen molar-refractivity contribution < 1.29 is 4.92 Å². The van der Waals surface area contributed by atoms with Gasteiger partial charge >= 0.3 is 0 Å². The Morgan fingerprint density at radius 3 is 2.95 bits per heavy atom. The molecule has 0 spiro atoms. The Bertz CT molecular complexity index is 860. The minimum absolute atomic E-state index is 0.0361. The molecule has 0 aliphatic heterocycles. The number of pyridine rings is 1. The Balaban J connectivity index is 1.83. The van der Waals surface area contributed by atoms with Gasteiger partial charge in [0.25, 0.3) is 5.69 Å². The largest absolute Gasteiger partial charge is 0.374 e. The number of halogens is 1. The molecule has 0 aliphatic carbocycles. The minimum Gasteiger partial charge on any atom is -0.374 e. The first kappa shape index (κ1) is 14.5. The van der Waals surface area contributed by atoms with E-state index in [0.717, 1.165) is 16.9 Å². The molecule has 1 N–H and O–H groups in total. The second kappa shape index (κ2) is 5.76. The molecule has 3 rings (SSSR count). The maximum absolute atomic E-state index is 11.1. The highest BCUT2D eigenvalue weighted by Gasteiger charge is 2.14. The number of anilines is 1. The second-order valence-corrected chi connectivity index (χ2v) is 5.89. The van der Waals surface area contributed by atoms with E-state index in [9.17, 15) is 10.1 Å². The highest BCUT2D eigenvalue weighted by atomic mass is 79.9. The molecule has 0 bridgehead atoms. The van der Waals surface area contributed by atoms with Crippen LogP contribution >= 0.6 is 15.9 Å². The van der Waals surface area contributed by atoms with Gasteiger partial charge in [0.2, 0.25) is 0 Å². The fourth-order valence-corrected chi connectivity index (χ4v) is 2.56. The minimum atomic E-state index is -0.403. The predicted molar refractivity (Wildman–Crippen MR) is 88.1 cm³/mol. The van der Waals surface area contributed by atoms with Gasteiger partial charge in [-0.25, -0.2) is 4.98 Å². The molecule has 0 aliphatic rings. The van der Waals surface area contributed by atoms with Crippen molar-refractivity contribution in [1.29, 1.82) is 0 Å². The number of aromatic nitrogens is 2. The van der Waals surface area contributed by atoms with E-state index in [0.29, 0.717) is 16.7 Å². The van der Waals surface area contributed by atoms with Crippen LogP contribution in [0.3, 0.4) is 0 Å². The topological polar surface area (TPSA) is 72.5 Å². The smallest absolute Gasteiger partial charge is 0.293 e. The third-order valence-electron chi connectivity index (χ3n) is 3.28. The molecule has 3 aromatic rings. The van der Waals surface area contributed by atoms with E-state index in [1.54, 1.807) is 12.1 Å². The van der Waals surface area contributed by atoms with Crippen molar-refractivity contribution in [2.45, 2.75) is 13.5 Å². The van der Waals surface area contributed by atoms with Gasteiger partial charge in [0, 0.05) is 22.9 Å². The molecule has 22 heavy (non-hydrogen) atoms. The molecule has 0 amide bonds. The number of aryl methyl sites for hydroxylation is 1. The van der Waals surface area contributed by atoms with Crippen molar-refractivity contribution in [1.82, 2.24) is 9.38 Å². The Labute approximate surface area is 135 Å². The molecule has 2 heterocycles. The van der Waals surface area contributed by atoms with Crippen LogP contribution in [0.2, 0.25) is 0 Å². The van der Waals surface area contributed by atoms with Gasteiger partial charge in [-0.15, -0.1) is 0 Å². The number of rotatable bonds is 4. The summed E-state index contributed by atoms with van der Waals surface area (Å²) in [6.45, 7) is 2.43. The van der Waals surface area contributed by atoms with Gasteiger partial charge in [-0.3, -0.25) is 10.1 Å². The normalized spacial score (nSPS) is 10.8. The standard InChI is InChI=1S/C15H13BrN4O2/c1-10-4-5-19-9-12(18-15(19)6-10)8-17-13-3-2-11(16)7-14(13)20(21)22/h2-7,9,17H,8H2,1H3. The van der Waals surface area contributed by atoms with Crippen molar-refractivity contribution in [3.05, 3.63) is 68.6 Å². The first-order valence-corrected chi connectivity index (χ1v) is 7.44. The quantitative estimate of drug-likeness (QED) is 0.565. The van der Waals surface area contributed by atoms with Crippen LogP contribution in [0.15, 0.2) is 47.2 Å². The lowest BCUT2D eigenvalue weighted by Crippen LogP contribution is -2.02. The SMILES string of the molecule is Cc1ccn2cc(CNc3ccc(Br)cc3[N+](=O)[O-])nc2c1. The van der Waals surface area contributed by atoms with Gasteiger partial charge in [0.05, 0.1) is 17.2 Å². The lowest BCUT2D eigenvalue weighted by atomic mass is 10.2. The van der Waals surface area contributed by atoms with Gasteiger partial charge in [0.15, 0.2) is 0 Å². The number of nitro groups is 1. The summed E-state index contributed by atoms with van der Waals surface area (Å²) in [5.41, 5.74) is 3.33. The van der Waals surface area contributed by atoms with E-state index in [2.05, 4.69) is 26.2 Å². The molecule has 0 unspecified atom stereocenters. The predicted octanol–water partition coefficient (Wildman–Crippen LogP) is 3.93. The van der Waals surface area contributed by atoms with Gasteiger partial charge in [-0.2, -0.15) is 0 Å². The molecule has 0 radical (unpaired) electrons. The van der Waals surface area contributed by atoms with Gasteiger partial charge in [-0.1, -0.05) is 15.9 Å². The van der Waals surface area contributed by atoms with Gasteiger partial charge in [-0.05, 0) is 36.8 Å². The van der Waals surface area contributed by atoms with Crippen LogP contribution in [0.5, 0.6) is 0 Å². The fourth-order valence-electron chi connectivity index (χ4n) is 2.21. The van der Waals surface area contributed by atoms with E-state index in [1.807, 2.05) is 35.9 Å². The molecule has 7 heteroatoms. The maximum Gasteiger partial charge on any atom is 0.293 e. The number of fused-ring (bicyclic) bond motifs is 1. The number of imidazole rings is 1. The number of hydrogen-bond donors (Lipinski definition) is 1. The third kappa shape index (κ3) is 2.94. The van der Waals surface area contributed by atoms with Crippen LogP contribution in [-0.2, 0) is 6.54 Å². The lowest BCUT2D eigenvalue weighted by molar-refractivity contribution is -0.384. The zero-order chi connectivity index (χ0) is 15.7. The highest BCUT2D eigenvalue weighted by Crippen LogP contribution is 2.28. The highest BCUT2D eigenvalue weighted by molar-refractivity contribution is 9.10. The second-order valence-electron chi connectivity index (χ2n) is 4.97. The lowest BCUT2D eigenvalue weighted by Gasteiger charge is -2.05. The molecule has 0 fully saturated rings. The molecule has 6 nitrogen and oxygen atoms in total. The third-order valence-corrected chi connectivity index (χ3v) is 3.78. The number of hydrogen-bond acceptors (Lipinski definition) is 4.